The van der Waals surface area contributed by atoms with Crippen LogP contribution in [0.2, 0.25) is 0 Å². The summed E-state index contributed by atoms with van der Waals surface area (Å²) >= 11 is 0. The van der Waals surface area contributed by atoms with Gasteiger partial charge in [-0.25, -0.2) is 9.37 Å². The van der Waals surface area contributed by atoms with Crippen LogP contribution in [-0.4, -0.2) is 39.6 Å². The fourth-order valence-corrected chi connectivity index (χ4v) is 4.25. The van der Waals surface area contributed by atoms with E-state index in [1.807, 2.05) is 49.5 Å². The van der Waals surface area contributed by atoms with E-state index in [4.69, 9.17) is 4.98 Å². The molecule has 1 fully saturated rings. The van der Waals surface area contributed by atoms with Crippen LogP contribution in [0.3, 0.4) is 0 Å². The number of nitrogens with zero attached hydrogens (tertiary/aromatic N) is 4. The molecular weight excluding hydrogens is 381 g/mol. The molecule has 2 aromatic carbocycles. The first kappa shape index (κ1) is 18.4. The highest BCUT2D eigenvalue weighted by molar-refractivity contribution is 5.79. The number of likely N-dealkylation sites (tertiary alicyclic amines) is 1. The average molecular weight is 401 g/mol. The molecule has 7 heteroatoms. The van der Waals surface area contributed by atoms with Crippen molar-refractivity contribution in [2.75, 3.05) is 25.5 Å². The van der Waals surface area contributed by atoms with Crippen LogP contribution in [0.15, 0.2) is 77.9 Å². The van der Waals surface area contributed by atoms with Crippen molar-refractivity contribution in [2.24, 2.45) is 0 Å². The number of hydrogen-bond donors (Lipinski definition) is 1. The lowest BCUT2D eigenvalue weighted by molar-refractivity contribution is 0.0666. The van der Waals surface area contributed by atoms with Crippen molar-refractivity contribution in [1.29, 1.82) is 0 Å². The number of pyridine rings is 1. The van der Waals surface area contributed by atoms with E-state index in [0.717, 1.165) is 11.3 Å². The fourth-order valence-electron chi connectivity index (χ4n) is 4.25. The molecule has 3 heterocycles. The highest BCUT2D eigenvalue weighted by Gasteiger charge is 2.46. The predicted octanol–water partition coefficient (Wildman–Crippen LogP) is 3.36. The van der Waals surface area contributed by atoms with Gasteiger partial charge in [-0.3, -0.25) is 14.3 Å². The van der Waals surface area contributed by atoms with Crippen molar-refractivity contribution in [2.45, 2.75) is 5.54 Å². The second kappa shape index (κ2) is 7.03. The zero-order valence-electron chi connectivity index (χ0n) is 16.4. The molecule has 0 saturated carbocycles. The highest BCUT2D eigenvalue weighted by Crippen LogP contribution is 2.37. The zero-order chi connectivity index (χ0) is 20.7. The topological polar surface area (TPSA) is 63.1 Å². The van der Waals surface area contributed by atoms with E-state index in [0.29, 0.717) is 24.6 Å². The van der Waals surface area contributed by atoms with Gasteiger partial charge in [0.2, 0.25) is 5.95 Å². The third kappa shape index (κ3) is 2.95. The van der Waals surface area contributed by atoms with Gasteiger partial charge in [0.05, 0.1) is 22.8 Å². The summed E-state index contributed by atoms with van der Waals surface area (Å²) in [7, 11) is 2.01. The van der Waals surface area contributed by atoms with Crippen LogP contribution in [-0.2, 0) is 5.54 Å². The molecular formula is C23H20FN5O. The summed E-state index contributed by atoms with van der Waals surface area (Å²) in [4.78, 5) is 24.7. The standard InChI is InChI=1S/C23H20FN5O/c1-28-14-23(15-28,16-6-3-2-4-7-16)29-21(30)19-12-17(24)9-10-20(19)27-22(29)26-18-8-5-11-25-13-18/h2-13H,14-15H2,1H3,(H,26,27). The first-order chi connectivity index (χ1) is 14.6. The Hall–Kier alpha value is -3.58. The van der Waals surface area contributed by atoms with E-state index < -0.39 is 11.4 Å². The maximum atomic E-state index is 14.0. The van der Waals surface area contributed by atoms with Crippen LogP contribution in [0.1, 0.15) is 5.56 Å². The van der Waals surface area contributed by atoms with E-state index in [9.17, 15) is 9.18 Å². The van der Waals surface area contributed by atoms with Gasteiger partial charge in [-0.2, -0.15) is 0 Å². The maximum Gasteiger partial charge on any atom is 0.263 e. The van der Waals surface area contributed by atoms with Gasteiger partial charge in [-0.1, -0.05) is 30.3 Å². The SMILES string of the molecule is CN1CC(c2ccccc2)(n2c(Nc3cccnc3)nc3ccc(F)cc3c2=O)C1. The number of rotatable bonds is 4. The first-order valence-electron chi connectivity index (χ1n) is 9.71. The monoisotopic (exact) mass is 401 g/mol. The van der Waals surface area contributed by atoms with Gasteiger partial charge in [0, 0.05) is 19.3 Å². The van der Waals surface area contributed by atoms with Crippen molar-refractivity contribution in [1.82, 2.24) is 19.4 Å². The van der Waals surface area contributed by atoms with Crippen LogP contribution >= 0.6 is 0 Å². The molecule has 4 aromatic rings. The molecule has 2 aromatic heterocycles. The number of halogens is 1. The fraction of sp³-hybridized carbons (Fsp3) is 0.174. The molecule has 6 nitrogen and oxygen atoms in total. The number of benzene rings is 2. The summed E-state index contributed by atoms with van der Waals surface area (Å²) in [6.07, 6.45) is 3.36. The van der Waals surface area contributed by atoms with Crippen LogP contribution in [0.25, 0.3) is 10.9 Å². The summed E-state index contributed by atoms with van der Waals surface area (Å²) in [5, 5.41) is 3.52. The summed E-state index contributed by atoms with van der Waals surface area (Å²) in [6, 6.07) is 17.7. The Morgan fingerprint density at radius 3 is 2.57 bits per heavy atom. The molecule has 0 aliphatic carbocycles. The molecule has 1 saturated heterocycles. The van der Waals surface area contributed by atoms with Crippen molar-refractivity contribution in [3.63, 3.8) is 0 Å². The number of likely N-dealkylation sites (N-methyl/N-ethyl adjacent to an activating group) is 1. The summed E-state index contributed by atoms with van der Waals surface area (Å²) < 4.78 is 15.6. The Morgan fingerprint density at radius 2 is 1.87 bits per heavy atom. The van der Waals surface area contributed by atoms with Crippen LogP contribution in [0.5, 0.6) is 0 Å². The van der Waals surface area contributed by atoms with E-state index in [1.54, 1.807) is 17.0 Å². The molecule has 0 atom stereocenters. The second-order valence-corrected chi connectivity index (χ2v) is 7.67. The molecule has 0 radical (unpaired) electrons. The maximum absolute atomic E-state index is 14.0. The molecule has 0 bridgehead atoms. The molecule has 150 valence electrons. The Bertz CT molecular complexity index is 1270. The smallest absolute Gasteiger partial charge is 0.263 e. The second-order valence-electron chi connectivity index (χ2n) is 7.67. The van der Waals surface area contributed by atoms with Gasteiger partial charge in [0.1, 0.15) is 11.4 Å². The number of aromatic nitrogens is 3. The molecule has 0 amide bonds. The van der Waals surface area contributed by atoms with Crippen LogP contribution in [0, 0.1) is 5.82 Å². The Morgan fingerprint density at radius 1 is 1.07 bits per heavy atom. The summed E-state index contributed by atoms with van der Waals surface area (Å²) in [6.45, 7) is 1.28. The van der Waals surface area contributed by atoms with Crippen LogP contribution < -0.4 is 10.9 Å². The van der Waals surface area contributed by atoms with Gasteiger partial charge in [-0.15, -0.1) is 0 Å². The Balaban J connectivity index is 1.79. The number of anilines is 2. The molecule has 0 spiro atoms. The van der Waals surface area contributed by atoms with Crippen molar-refractivity contribution >= 4 is 22.5 Å². The third-order valence-electron chi connectivity index (χ3n) is 5.55. The van der Waals surface area contributed by atoms with E-state index >= 15 is 0 Å². The largest absolute Gasteiger partial charge is 0.324 e. The predicted molar refractivity (Wildman–Crippen MR) is 114 cm³/mol. The minimum atomic E-state index is -0.606. The van der Waals surface area contributed by atoms with Gasteiger partial charge in [0.25, 0.3) is 5.56 Å². The Kier molecular flexibility index (Phi) is 4.33. The molecule has 1 aliphatic rings. The lowest BCUT2D eigenvalue weighted by Crippen LogP contribution is -2.64. The lowest BCUT2D eigenvalue weighted by Gasteiger charge is -2.50. The van der Waals surface area contributed by atoms with Gasteiger partial charge >= 0.3 is 0 Å². The van der Waals surface area contributed by atoms with Gasteiger partial charge in [-0.05, 0) is 42.9 Å². The summed E-state index contributed by atoms with van der Waals surface area (Å²) in [5.74, 6) is -0.0514. The number of nitrogens with one attached hydrogen (secondary N) is 1. The van der Waals surface area contributed by atoms with Crippen molar-refractivity contribution < 1.29 is 4.39 Å². The molecule has 30 heavy (non-hydrogen) atoms. The normalized spacial score (nSPS) is 15.7. The molecule has 1 N–H and O–H groups in total. The zero-order valence-corrected chi connectivity index (χ0v) is 16.4. The van der Waals surface area contributed by atoms with E-state index in [2.05, 4.69) is 15.2 Å². The molecule has 0 unspecified atom stereocenters. The van der Waals surface area contributed by atoms with E-state index in [-0.39, 0.29) is 10.9 Å². The number of hydrogen-bond acceptors (Lipinski definition) is 5. The Labute approximate surface area is 172 Å². The molecule has 5 rings (SSSR count). The minimum absolute atomic E-state index is 0.261. The van der Waals surface area contributed by atoms with Gasteiger partial charge in [0.15, 0.2) is 0 Å². The van der Waals surface area contributed by atoms with E-state index in [1.165, 1.54) is 18.2 Å². The van der Waals surface area contributed by atoms with Crippen LogP contribution in [0.4, 0.5) is 16.0 Å². The highest BCUT2D eigenvalue weighted by atomic mass is 19.1. The minimum Gasteiger partial charge on any atom is -0.324 e. The quantitative estimate of drug-likeness (QED) is 0.568. The third-order valence-corrected chi connectivity index (χ3v) is 5.55. The summed E-state index contributed by atoms with van der Waals surface area (Å²) in [5.41, 5.74) is 1.29. The molecule has 1 aliphatic heterocycles. The van der Waals surface area contributed by atoms with Crippen molar-refractivity contribution in [3.05, 3.63) is 94.8 Å². The number of fused-ring (bicyclic) bond motifs is 1. The lowest BCUT2D eigenvalue weighted by atomic mass is 9.82. The average Bonchev–Trinajstić information content (AvgIpc) is 2.74. The van der Waals surface area contributed by atoms with Crippen molar-refractivity contribution in [3.8, 4) is 0 Å². The van der Waals surface area contributed by atoms with Gasteiger partial charge < -0.3 is 10.2 Å². The first-order valence-corrected chi connectivity index (χ1v) is 9.71.